The van der Waals surface area contributed by atoms with Crippen LogP contribution >= 0.6 is 0 Å². The number of alkyl halides is 3. The van der Waals surface area contributed by atoms with Crippen molar-refractivity contribution in [1.29, 1.82) is 0 Å². The van der Waals surface area contributed by atoms with Crippen molar-refractivity contribution in [1.82, 2.24) is 4.98 Å². The lowest BCUT2D eigenvalue weighted by Gasteiger charge is -2.14. The summed E-state index contributed by atoms with van der Waals surface area (Å²) in [5.41, 5.74) is 5.94. The highest BCUT2D eigenvalue weighted by atomic mass is 19.4. The van der Waals surface area contributed by atoms with Gasteiger partial charge in [0.15, 0.2) is 0 Å². The summed E-state index contributed by atoms with van der Waals surface area (Å²) >= 11 is 0. The number of para-hydroxylation sites is 1. The van der Waals surface area contributed by atoms with Gasteiger partial charge >= 0.3 is 6.18 Å². The Bertz CT molecular complexity index is 810. The summed E-state index contributed by atoms with van der Waals surface area (Å²) in [6, 6.07) is 15.0. The fourth-order valence-corrected chi connectivity index (χ4v) is 2.25. The molecule has 0 saturated heterocycles. The molecule has 0 aliphatic rings. The smallest absolute Gasteiger partial charge is 0.383 e. The molecule has 1 radical (unpaired) electrons. The van der Waals surface area contributed by atoms with Crippen LogP contribution in [0.3, 0.4) is 0 Å². The molecule has 2 N–H and O–H groups in total. The van der Waals surface area contributed by atoms with Gasteiger partial charge in [-0.2, -0.15) is 13.2 Å². The lowest BCUT2D eigenvalue weighted by Crippen LogP contribution is -2.08. The van der Waals surface area contributed by atoms with E-state index in [0.29, 0.717) is 10.9 Å². The predicted molar refractivity (Wildman–Crippen MR) is 75.4 cm³/mol. The summed E-state index contributed by atoms with van der Waals surface area (Å²) in [7, 11) is 0. The quantitative estimate of drug-likeness (QED) is 0.724. The molecule has 0 spiro atoms. The van der Waals surface area contributed by atoms with Crippen molar-refractivity contribution in [3.63, 3.8) is 0 Å². The van der Waals surface area contributed by atoms with Gasteiger partial charge < -0.3 is 5.73 Å². The minimum absolute atomic E-state index is 0.0285. The highest BCUT2D eigenvalue weighted by Gasteiger charge is 2.33. The van der Waals surface area contributed by atoms with Crippen molar-refractivity contribution in [2.75, 3.05) is 5.73 Å². The monoisotopic (exact) mass is 287 g/mol. The number of nitrogens with zero attached hydrogens (tertiary/aromatic N) is 1. The van der Waals surface area contributed by atoms with E-state index in [4.69, 9.17) is 5.73 Å². The van der Waals surface area contributed by atoms with E-state index < -0.39 is 11.7 Å². The molecule has 0 aliphatic heterocycles. The highest BCUT2D eigenvalue weighted by Crippen LogP contribution is 2.39. The lowest BCUT2D eigenvalue weighted by atomic mass is 9.98. The van der Waals surface area contributed by atoms with Gasteiger partial charge in [-0.3, -0.25) is 0 Å². The maximum Gasteiger partial charge on any atom is 0.417 e. The van der Waals surface area contributed by atoms with Gasteiger partial charge in [-0.25, -0.2) is 4.98 Å². The first-order chi connectivity index (χ1) is 9.97. The number of hydrogen-bond acceptors (Lipinski definition) is 2. The zero-order valence-electron chi connectivity index (χ0n) is 10.8. The van der Waals surface area contributed by atoms with E-state index in [2.05, 4.69) is 11.1 Å². The Kier molecular flexibility index (Phi) is 3.05. The van der Waals surface area contributed by atoms with Crippen LogP contribution in [0.4, 0.5) is 19.0 Å². The Morgan fingerprint density at radius 3 is 2.52 bits per heavy atom. The van der Waals surface area contributed by atoms with Crippen molar-refractivity contribution in [3.05, 3.63) is 60.2 Å². The molecule has 0 fully saturated rings. The third kappa shape index (κ3) is 2.42. The lowest BCUT2D eigenvalue weighted by molar-refractivity contribution is -0.137. The fraction of sp³-hybridized carbons (Fsp3) is 0.0625. The molecule has 0 atom stereocenters. The van der Waals surface area contributed by atoms with Crippen molar-refractivity contribution in [2.45, 2.75) is 6.18 Å². The molecule has 3 rings (SSSR count). The second-order valence-corrected chi connectivity index (χ2v) is 4.57. The molecule has 105 valence electrons. The van der Waals surface area contributed by atoms with Crippen LogP contribution in [-0.2, 0) is 6.18 Å². The minimum atomic E-state index is -4.44. The maximum atomic E-state index is 13.1. The van der Waals surface area contributed by atoms with Crippen molar-refractivity contribution in [2.24, 2.45) is 0 Å². The van der Waals surface area contributed by atoms with Gasteiger partial charge in [0, 0.05) is 17.0 Å². The number of pyridine rings is 1. The molecule has 1 heterocycles. The molecule has 2 nitrogen and oxygen atoms in total. The molecule has 0 bridgehead atoms. The molecule has 2 aromatic carbocycles. The number of hydrogen-bond donors (Lipinski definition) is 1. The Balaban J connectivity index is 2.28. The Morgan fingerprint density at radius 1 is 1.00 bits per heavy atom. The van der Waals surface area contributed by atoms with Crippen LogP contribution in [0.15, 0.2) is 48.5 Å². The van der Waals surface area contributed by atoms with E-state index in [1.807, 2.05) is 0 Å². The second-order valence-electron chi connectivity index (χ2n) is 4.57. The Hall–Kier alpha value is -2.56. The van der Waals surface area contributed by atoms with E-state index in [1.54, 1.807) is 30.3 Å². The van der Waals surface area contributed by atoms with Crippen LogP contribution in [-0.4, -0.2) is 4.98 Å². The summed E-state index contributed by atoms with van der Waals surface area (Å²) < 4.78 is 39.3. The average molecular weight is 287 g/mol. The standard InChI is InChI=1S/C16H10F3N2/c17-16(18,19)13-7-3-2-6-11(13)12-9-10-5-1-4-8-14(10)21-15(12)20/h1-7,9H,(H2,20,21). The van der Waals surface area contributed by atoms with E-state index in [9.17, 15) is 13.2 Å². The van der Waals surface area contributed by atoms with Crippen LogP contribution in [0.2, 0.25) is 0 Å². The first-order valence-corrected chi connectivity index (χ1v) is 6.20. The number of halogens is 3. The number of nitrogen functional groups attached to an aromatic ring is 1. The maximum absolute atomic E-state index is 13.1. The van der Waals surface area contributed by atoms with Crippen LogP contribution in [0.1, 0.15) is 5.56 Å². The number of nitrogens with two attached hydrogens (primary N) is 1. The van der Waals surface area contributed by atoms with Gasteiger partial charge in [-0.15, -0.1) is 0 Å². The third-order valence-electron chi connectivity index (χ3n) is 3.20. The molecule has 0 saturated carbocycles. The normalized spacial score (nSPS) is 11.8. The average Bonchev–Trinajstić information content (AvgIpc) is 2.45. The van der Waals surface area contributed by atoms with Crippen LogP contribution < -0.4 is 5.73 Å². The van der Waals surface area contributed by atoms with E-state index in [-0.39, 0.29) is 16.9 Å². The third-order valence-corrected chi connectivity index (χ3v) is 3.20. The number of aromatic nitrogens is 1. The molecule has 0 unspecified atom stereocenters. The molecule has 5 heteroatoms. The zero-order valence-corrected chi connectivity index (χ0v) is 10.8. The summed E-state index contributed by atoms with van der Waals surface area (Å²) in [6.07, 6.45) is -4.44. The van der Waals surface area contributed by atoms with Crippen LogP contribution in [0, 0.1) is 6.07 Å². The van der Waals surface area contributed by atoms with Crippen LogP contribution in [0.25, 0.3) is 22.0 Å². The minimum Gasteiger partial charge on any atom is -0.383 e. The van der Waals surface area contributed by atoms with Gasteiger partial charge in [0.25, 0.3) is 0 Å². The first-order valence-electron chi connectivity index (χ1n) is 6.20. The topological polar surface area (TPSA) is 38.9 Å². The van der Waals surface area contributed by atoms with Gasteiger partial charge in [-0.05, 0) is 17.7 Å². The van der Waals surface area contributed by atoms with Crippen molar-refractivity contribution >= 4 is 16.7 Å². The summed E-state index contributed by atoms with van der Waals surface area (Å²) in [5, 5.41) is 0.693. The zero-order chi connectivity index (χ0) is 15.0. The summed E-state index contributed by atoms with van der Waals surface area (Å²) in [6.45, 7) is 0. The van der Waals surface area contributed by atoms with Crippen molar-refractivity contribution in [3.8, 4) is 11.1 Å². The number of anilines is 1. The van der Waals surface area contributed by atoms with Gasteiger partial charge in [0.1, 0.15) is 5.82 Å². The van der Waals surface area contributed by atoms with Gasteiger partial charge in [-0.1, -0.05) is 36.4 Å². The van der Waals surface area contributed by atoms with Gasteiger partial charge in [0.2, 0.25) is 0 Å². The predicted octanol–water partition coefficient (Wildman–Crippen LogP) is 4.30. The molecular weight excluding hydrogens is 277 g/mol. The Morgan fingerprint density at radius 2 is 1.76 bits per heavy atom. The summed E-state index contributed by atoms with van der Waals surface area (Å²) in [5.74, 6) is 0.0571. The number of rotatable bonds is 1. The van der Waals surface area contributed by atoms with Crippen LogP contribution in [0.5, 0.6) is 0 Å². The molecule has 0 amide bonds. The first kappa shape index (κ1) is 13.4. The number of benzene rings is 2. The largest absolute Gasteiger partial charge is 0.417 e. The molecule has 21 heavy (non-hydrogen) atoms. The van der Waals surface area contributed by atoms with E-state index >= 15 is 0 Å². The van der Waals surface area contributed by atoms with E-state index in [1.165, 1.54) is 12.1 Å². The molecular formula is C16H10F3N2. The summed E-state index contributed by atoms with van der Waals surface area (Å²) in [4.78, 5) is 4.13. The second kappa shape index (κ2) is 4.77. The highest BCUT2D eigenvalue weighted by molar-refractivity contribution is 5.89. The number of fused-ring (bicyclic) bond motifs is 1. The van der Waals surface area contributed by atoms with Crippen molar-refractivity contribution < 1.29 is 13.2 Å². The van der Waals surface area contributed by atoms with E-state index in [0.717, 1.165) is 6.07 Å². The molecule has 0 aliphatic carbocycles. The SMILES string of the molecule is Nc1nc2[c]cccc2cc1-c1ccccc1C(F)(F)F. The fourth-order valence-electron chi connectivity index (χ4n) is 2.25. The Labute approximate surface area is 119 Å². The van der Waals surface area contributed by atoms with Gasteiger partial charge in [0.05, 0.1) is 11.1 Å². The molecule has 1 aromatic heterocycles. The molecule has 3 aromatic rings.